The Kier molecular flexibility index (Phi) is 3.71. The van der Waals surface area contributed by atoms with Gasteiger partial charge in [0.1, 0.15) is 0 Å². The van der Waals surface area contributed by atoms with Crippen LogP contribution in [0.5, 0.6) is 0 Å². The molecule has 88 valence electrons. The zero-order valence-electron chi connectivity index (χ0n) is 10.6. The largest absolute Gasteiger partial charge is 0.311 e. The Morgan fingerprint density at radius 3 is 2.27 bits per heavy atom. The first kappa shape index (κ1) is 11.4. The van der Waals surface area contributed by atoms with Gasteiger partial charge >= 0.3 is 0 Å². The minimum atomic E-state index is 0.829. The summed E-state index contributed by atoms with van der Waals surface area (Å²) in [6.45, 7) is 7.14. The van der Waals surface area contributed by atoms with Gasteiger partial charge in [0.2, 0.25) is 0 Å². The lowest BCUT2D eigenvalue weighted by Crippen LogP contribution is -2.38. The van der Waals surface area contributed by atoms with Gasteiger partial charge in [-0.05, 0) is 49.9 Å². The Morgan fingerprint density at radius 2 is 1.67 bits per heavy atom. The van der Waals surface area contributed by atoms with Gasteiger partial charge in [-0.15, -0.1) is 0 Å². The van der Waals surface area contributed by atoms with Crippen molar-refractivity contribution in [3.8, 4) is 0 Å². The first-order valence-corrected chi connectivity index (χ1v) is 6.95. The van der Waals surface area contributed by atoms with Gasteiger partial charge in [0.15, 0.2) is 0 Å². The summed E-state index contributed by atoms with van der Waals surface area (Å²) in [5, 5.41) is 3.89. The molecule has 0 amide bonds. The molecule has 0 bridgehead atoms. The third kappa shape index (κ3) is 3.21. The molecule has 0 heterocycles. The SMILES string of the molecule is CCCC1CC1NC1CC(C)CC(C)C1. The van der Waals surface area contributed by atoms with E-state index in [9.17, 15) is 0 Å². The van der Waals surface area contributed by atoms with E-state index in [1.54, 1.807) is 0 Å². The first-order chi connectivity index (χ1) is 7.19. The highest BCUT2D eigenvalue weighted by molar-refractivity contribution is 4.95. The van der Waals surface area contributed by atoms with Crippen molar-refractivity contribution in [2.75, 3.05) is 0 Å². The van der Waals surface area contributed by atoms with Crippen molar-refractivity contribution in [2.45, 2.75) is 71.4 Å². The molecular weight excluding hydrogens is 182 g/mol. The summed E-state index contributed by atoms with van der Waals surface area (Å²) in [5.74, 6) is 2.90. The van der Waals surface area contributed by atoms with E-state index in [1.807, 2.05) is 0 Å². The summed E-state index contributed by atoms with van der Waals surface area (Å²) >= 11 is 0. The van der Waals surface area contributed by atoms with Crippen LogP contribution in [0.4, 0.5) is 0 Å². The number of hydrogen-bond donors (Lipinski definition) is 1. The Morgan fingerprint density at radius 1 is 1.00 bits per heavy atom. The van der Waals surface area contributed by atoms with E-state index in [4.69, 9.17) is 0 Å². The van der Waals surface area contributed by atoms with Crippen LogP contribution >= 0.6 is 0 Å². The van der Waals surface area contributed by atoms with Gasteiger partial charge in [-0.1, -0.05) is 27.2 Å². The second-order valence-corrected chi connectivity index (χ2v) is 6.17. The molecule has 1 heteroatoms. The van der Waals surface area contributed by atoms with E-state index in [-0.39, 0.29) is 0 Å². The maximum absolute atomic E-state index is 3.89. The molecule has 2 rings (SSSR count). The van der Waals surface area contributed by atoms with E-state index in [0.717, 1.165) is 29.8 Å². The molecule has 2 fully saturated rings. The molecule has 0 aliphatic heterocycles. The van der Waals surface area contributed by atoms with E-state index < -0.39 is 0 Å². The van der Waals surface area contributed by atoms with Crippen molar-refractivity contribution in [3.05, 3.63) is 0 Å². The van der Waals surface area contributed by atoms with Gasteiger partial charge in [0.25, 0.3) is 0 Å². The molecule has 1 N–H and O–H groups in total. The van der Waals surface area contributed by atoms with Crippen molar-refractivity contribution in [2.24, 2.45) is 17.8 Å². The summed E-state index contributed by atoms with van der Waals surface area (Å²) in [7, 11) is 0. The molecule has 2 aliphatic carbocycles. The van der Waals surface area contributed by atoms with Gasteiger partial charge in [0, 0.05) is 12.1 Å². The zero-order valence-corrected chi connectivity index (χ0v) is 10.6. The molecular formula is C14H27N. The van der Waals surface area contributed by atoms with Crippen LogP contribution < -0.4 is 5.32 Å². The molecule has 0 spiro atoms. The lowest BCUT2D eigenvalue weighted by Gasteiger charge is -2.32. The van der Waals surface area contributed by atoms with Crippen molar-refractivity contribution < 1.29 is 0 Å². The minimum Gasteiger partial charge on any atom is -0.311 e. The van der Waals surface area contributed by atoms with Crippen molar-refractivity contribution in [1.29, 1.82) is 0 Å². The highest BCUT2D eigenvalue weighted by Gasteiger charge is 2.38. The quantitative estimate of drug-likeness (QED) is 0.746. The third-order valence-electron chi connectivity index (χ3n) is 4.21. The van der Waals surface area contributed by atoms with Crippen LogP contribution in [0.3, 0.4) is 0 Å². The monoisotopic (exact) mass is 209 g/mol. The highest BCUT2D eigenvalue weighted by atomic mass is 15.0. The average molecular weight is 209 g/mol. The average Bonchev–Trinajstić information content (AvgIpc) is 2.82. The van der Waals surface area contributed by atoms with Crippen LogP contribution in [-0.4, -0.2) is 12.1 Å². The summed E-state index contributed by atoms with van der Waals surface area (Å²) in [4.78, 5) is 0. The molecule has 0 aromatic heterocycles. The summed E-state index contributed by atoms with van der Waals surface area (Å²) in [6, 6.07) is 1.71. The molecule has 0 radical (unpaired) electrons. The smallest absolute Gasteiger partial charge is 0.0102 e. The highest BCUT2D eigenvalue weighted by Crippen LogP contribution is 2.37. The zero-order chi connectivity index (χ0) is 10.8. The molecule has 4 atom stereocenters. The molecule has 0 aromatic rings. The van der Waals surface area contributed by atoms with E-state index >= 15 is 0 Å². The Labute approximate surface area is 95.0 Å². The van der Waals surface area contributed by atoms with E-state index in [0.29, 0.717) is 0 Å². The number of rotatable bonds is 4. The normalized spacial score (nSPS) is 45.4. The van der Waals surface area contributed by atoms with Crippen molar-refractivity contribution in [3.63, 3.8) is 0 Å². The van der Waals surface area contributed by atoms with Gasteiger partial charge < -0.3 is 5.32 Å². The fourth-order valence-corrected chi connectivity index (χ4v) is 3.53. The second-order valence-electron chi connectivity index (χ2n) is 6.17. The fraction of sp³-hybridized carbons (Fsp3) is 1.00. The summed E-state index contributed by atoms with van der Waals surface area (Å²) < 4.78 is 0. The van der Waals surface area contributed by atoms with E-state index in [1.165, 1.54) is 38.5 Å². The van der Waals surface area contributed by atoms with Gasteiger partial charge in [-0.2, -0.15) is 0 Å². The fourth-order valence-electron chi connectivity index (χ4n) is 3.53. The van der Waals surface area contributed by atoms with Crippen LogP contribution in [0.2, 0.25) is 0 Å². The molecule has 0 saturated heterocycles. The predicted molar refractivity (Wildman–Crippen MR) is 65.9 cm³/mol. The minimum absolute atomic E-state index is 0.829. The Bertz CT molecular complexity index is 192. The Balaban J connectivity index is 1.71. The van der Waals surface area contributed by atoms with Gasteiger partial charge in [-0.3, -0.25) is 0 Å². The Hall–Kier alpha value is -0.0400. The molecule has 1 nitrogen and oxygen atoms in total. The van der Waals surface area contributed by atoms with Crippen LogP contribution in [-0.2, 0) is 0 Å². The van der Waals surface area contributed by atoms with Crippen LogP contribution in [0.25, 0.3) is 0 Å². The lowest BCUT2D eigenvalue weighted by atomic mass is 9.80. The van der Waals surface area contributed by atoms with E-state index in [2.05, 4.69) is 26.1 Å². The number of hydrogen-bond acceptors (Lipinski definition) is 1. The molecule has 15 heavy (non-hydrogen) atoms. The van der Waals surface area contributed by atoms with Crippen LogP contribution in [0, 0.1) is 17.8 Å². The number of nitrogens with one attached hydrogen (secondary N) is 1. The molecule has 4 unspecified atom stereocenters. The predicted octanol–water partition coefficient (Wildman–Crippen LogP) is 3.59. The summed E-state index contributed by atoms with van der Waals surface area (Å²) in [5.41, 5.74) is 0. The maximum Gasteiger partial charge on any atom is 0.0102 e. The van der Waals surface area contributed by atoms with Crippen molar-refractivity contribution in [1.82, 2.24) is 5.32 Å². The van der Waals surface area contributed by atoms with Crippen LogP contribution in [0.1, 0.15) is 59.3 Å². The molecule has 2 saturated carbocycles. The first-order valence-electron chi connectivity index (χ1n) is 6.95. The van der Waals surface area contributed by atoms with Crippen LogP contribution in [0.15, 0.2) is 0 Å². The molecule has 0 aromatic carbocycles. The maximum atomic E-state index is 3.89. The third-order valence-corrected chi connectivity index (χ3v) is 4.21. The standard InChI is InChI=1S/C14H27N/c1-4-5-12-9-14(12)15-13-7-10(2)6-11(3)8-13/h10-15H,4-9H2,1-3H3. The second kappa shape index (κ2) is 4.86. The van der Waals surface area contributed by atoms with Gasteiger partial charge in [0.05, 0.1) is 0 Å². The van der Waals surface area contributed by atoms with Gasteiger partial charge in [-0.25, -0.2) is 0 Å². The topological polar surface area (TPSA) is 12.0 Å². The van der Waals surface area contributed by atoms with Crippen molar-refractivity contribution >= 4 is 0 Å². The summed E-state index contributed by atoms with van der Waals surface area (Å²) in [6.07, 6.45) is 8.53. The lowest BCUT2D eigenvalue weighted by molar-refractivity contribution is 0.235. The molecule has 2 aliphatic rings.